The van der Waals surface area contributed by atoms with Gasteiger partial charge in [-0.3, -0.25) is 14.5 Å². The average molecular weight is 445 g/mol. The van der Waals surface area contributed by atoms with Crippen LogP contribution < -0.4 is 5.32 Å². The van der Waals surface area contributed by atoms with Crippen molar-refractivity contribution in [1.29, 1.82) is 0 Å². The van der Waals surface area contributed by atoms with Crippen LogP contribution in [-0.2, 0) is 16.1 Å². The van der Waals surface area contributed by atoms with E-state index in [4.69, 9.17) is 11.6 Å². The van der Waals surface area contributed by atoms with Crippen LogP contribution in [0, 0.1) is 27.7 Å². The third kappa shape index (κ3) is 4.19. The number of rotatable bonds is 5. The van der Waals surface area contributed by atoms with Crippen LogP contribution in [0.3, 0.4) is 0 Å². The standard InChI is InChI=1S/C27H25ClN2O2/c1-16-5-9-20(10-6-16)15-30-26(31)24(21-11-7-17(2)19(4)13-21)25(27(30)32)29-22-12-8-18(3)23(28)14-22/h5-14,29H,15H2,1-4H3. The van der Waals surface area contributed by atoms with Crippen LogP contribution in [0.5, 0.6) is 0 Å². The van der Waals surface area contributed by atoms with E-state index in [0.29, 0.717) is 16.3 Å². The molecule has 0 atom stereocenters. The highest BCUT2D eigenvalue weighted by molar-refractivity contribution is 6.36. The highest BCUT2D eigenvalue weighted by Gasteiger charge is 2.39. The van der Waals surface area contributed by atoms with E-state index < -0.39 is 0 Å². The molecule has 1 aliphatic heterocycles. The Morgan fingerprint density at radius 1 is 0.781 bits per heavy atom. The van der Waals surface area contributed by atoms with Gasteiger partial charge < -0.3 is 5.32 Å². The second kappa shape index (κ2) is 8.64. The second-order valence-electron chi connectivity index (χ2n) is 8.32. The van der Waals surface area contributed by atoms with Gasteiger partial charge in [-0.2, -0.15) is 0 Å². The predicted octanol–water partition coefficient (Wildman–Crippen LogP) is 5.97. The van der Waals surface area contributed by atoms with Crippen LogP contribution >= 0.6 is 11.6 Å². The molecule has 0 saturated carbocycles. The molecule has 3 aromatic carbocycles. The zero-order valence-electron chi connectivity index (χ0n) is 18.6. The molecule has 5 heteroatoms. The number of imide groups is 1. The largest absolute Gasteiger partial charge is 0.350 e. The van der Waals surface area contributed by atoms with Gasteiger partial charge in [-0.25, -0.2) is 0 Å². The molecule has 0 bridgehead atoms. The van der Waals surface area contributed by atoms with E-state index in [0.717, 1.165) is 33.4 Å². The minimum atomic E-state index is -0.347. The monoisotopic (exact) mass is 444 g/mol. The van der Waals surface area contributed by atoms with Gasteiger partial charge in [-0.05, 0) is 67.6 Å². The molecule has 32 heavy (non-hydrogen) atoms. The molecule has 1 N–H and O–H groups in total. The van der Waals surface area contributed by atoms with E-state index in [1.54, 1.807) is 6.07 Å². The van der Waals surface area contributed by atoms with Gasteiger partial charge in [0.1, 0.15) is 5.70 Å². The first-order chi connectivity index (χ1) is 15.2. The van der Waals surface area contributed by atoms with Gasteiger partial charge in [0, 0.05) is 10.7 Å². The summed E-state index contributed by atoms with van der Waals surface area (Å²) in [5.41, 5.74) is 7.18. The molecule has 0 unspecified atom stereocenters. The number of hydrogen-bond donors (Lipinski definition) is 1. The molecule has 2 amide bonds. The second-order valence-corrected chi connectivity index (χ2v) is 8.73. The van der Waals surface area contributed by atoms with E-state index in [2.05, 4.69) is 5.32 Å². The summed E-state index contributed by atoms with van der Waals surface area (Å²) in [6, 6.07) is 19.2. The van der Waals surface area contributed by atoms with Crippen molar-refractivity contribution in [1.82, 2.24) is 4.90 Å². The van der Waals surface area contributed by atoms with Gasteiger partial charge in [-0.15, -0.1) is 0 Å². The van der Waals surface area contributed by atoms with E-state index in [1.807, 2.05) is 82.3 Å². The number of carbonyl (C=O) groups excluding carboxylic acids is 2. The number of benzene rings is 3. The first kappa shape index (κ1) is 21.8. The van der Waals surface area contributed by atoms with Crippen molar-refractivity contribution in [3.05, 3.63) is 105 Å². The summed E-state index contributed by atoms with van der Waals surface area (Å²) < 4.78 is 0. The van der Waals surface area contributed by atoms with Crippen LogP contribution in [-0.4, -0.2) is 16.7 Å². The Hall–Kier alpha value is -3.37. The summed E-state index contributed by atoms with van der Waals surface area (Å²) in [6.45, 7) is 8.15. The number of amides is 2. The lowest BCUT2D eigenvalue weighted by molar-refractivity contribution is -0.137. The lowest BCUT2D eigenvalue weighted by Crippen LogP contribution is -2.32. The molecular weight excluding hydrogens is 420 g/mol. The highest BCUT2D eigenvalue weighted by atomic mass is 35.5. The predicted molar refractivity (Wildman–Crippen MR) is 129 cm³/mol. The summed E-state index contributed by atoms with van der Waals surface area (Å²) in [6.07, 6.45) is 0. The molecule has 0 aromatic heterocycles. The first-order valence-corrected chi connectivity index (χ1v) is 10.9. The first-order valence-electron chi connectivity index (χ1n) is 10.5. The Labute approximate surface area is 193 Å². The minimum Gasteiger partial charge on any atom is -0.350 e. The Balaban J connectivity index is 1.76. The molecule has 1 heterocycles. The van der Waals surface area contributed by atoms with Crippen LogP contribution in [0.4, 0.5) is 5.69 Å². The van der Waals surface area contributed by atoms with E-state index >= 15 is 0 Å². The van der Waals surface area contributed by atoms with Gasteiger partial charge in [-0.1, -0.05) is 65.7 Å². The van der Waals surface area contributed by atoms with Crippen molar-refractivity contribution in [3.8, 4) is 0 Å². The molecule has 4 rings (SSSR count). The number of nitrogens with zero attached hydrogens (tertiary/aromatic N) is 1. The van der Waals surface area contributed by atoms with Crippen LogP contribution in [0.1, 0.15) is 33.4 Å². The summed E-state index contributed by atoms with van der Waals surface area (Å²) in [5, 5.41) is 3.77. The fraction of sp³-hybridized carbons (Fsp3) is 0.185. The van der Waals surface area contributed by atoms with E-state index in [9.17, 15) is 9.59 Å². The van der Waals surface area contributed by atoms with Gasteiger partial charge in [0.15, 0.2) is 0 Å². The van der Waals surface area contributed by atoms with Crippen LogP contribution in [0.2, 0.25) is 5.02 Å². The SMILES string of the molecule is Cc1ccc(CN2C(=O)C(Nc3ccc(C)c(Cl)c3)=C(c3ccc(C)c(C)c3)C2=O)cc1. The molecule has 1 aliphatic rings. The maximum Gasteiger partial charge on any atom is 0.278 e. The fourth-order valence-corrected chi connectivity index (χ4v) is 3.87. The summed E-state index contributed by atoms with van der Waals surface area (Å²) in [7, 11) is 0. The maximum atomic E-state index is 13.5. The Bertz CT molecular complexity index is 1260. The Morgan fingerprint density at radius 3 is 2.12 bits per heavy atom. The van der Waals surface area contributed by atoms with Gasteiger partial charge in [0.25, 0.3) is 11.8 Å². The van der Waals surface area contributed by atoms with Crippen molar-refractivity contribution < 1.29 is 9.59 Å². The molecule has 0 radical (unpaired) electrons. The highest BCUT2D eigenvalue weighted by Crippen LogP contribution is 2.33. The van der Waals surface area contributed by atoms with Crippen LogP contribution in [0.25, 0.3) is 5.57 Å². The van der Waals surface area contributed by atoms with Gasteiger partial charge in [0.2, 0.25) is 0 Å². The van der Waals surface area contributed by atoms with Crippen molar-refractivity contribution >= 4 is 34.7 Å². The topological polar surface area (TPSA) is 49.4 Å². The molecule has 0 spiro atoms. The number of anilines is 1. The molecule has 0 fully saturated rings. The van der Waals surface area contributed by atoms with Crippen molar-refractivity contribution in [2.45, 2.75) is 34.2 Å². The van der Waals surface area contributed by atoms with Crippen molar-refractivity contribution in [2.75, 3.05) is 5.32 Å². The Kier molecular flexibility index (Phi) is 5.90. The summed E-state index contributed by atoms with van der Waals surface area (Å²) in [4.78, 5) is 28.2. The minimum absolute atomic E-state index is 0.214. The normalized spacial score (nSPS) is 13.8. The third-order valence-electron chi connectivity index (χ3n) is 5.87. The number of halogens is 1. The van der Waals surface area contributed by atoms with Gasteiger partial charge >= 0.3 is 0 Å². The third-order valence-corrected chi connectivity index (χ3v) is 6.27. The van der Waals surface area contributed by atoms with Crippen LogP contribution in [0.15, 0.2) is 66.4 Å². The summed E-state index contributed by atoms with van der Waals surface area (Å²) >= 11 is 6.29. The number of nitrogens with one attached hydrogen (secondary N) is 1. The molecule has 4 nitrogen and oxygen atoms in total. The average Bonchev–Trinajstić information content (AvgIpc) is 2.98. The zero-order valence-corrected chi connectivity index (χ0v) is 19.4. The van der Waals surface area contributed by atoms with Crippen molar-refractivity contribution in [2.24, 2.45) is 0 Å². The molecule has 0 saturated heterocycles. The molecule has 0 aliphatic carbocycles. The van der Waals surface area contributed by atoms with E-state index in [1.165, 1.54) is 4.90 Å². The lowest BCUT2D eigenvalue weighted by Gasteiger charge is -2.16. The fourth-order valence-electron chi connectivity index (χ4n) is 3.69. The smallest absolute Gasteiger partial charge is 0.278 e. The maximum absolute atomic E-state index is 13.5. The molecular formula is C27H25ClN2O2. The number of carbonyl (C=O) groups is 2. The quantitative estimate of drug-likeness (QED) is 0.493. The molecule has 162 valence electrons. The summed E-state index contributed by atoms with van der Waals surface area (Å²) in [5.74, 6) is -0.653. The zero-order chi connectivity index (χ0) is 23.0. The number of aryl methyl sites for hydroxylation is 4. The van der Waals surface area contributed by atoms with E-state index in [-0.39, 0.29) is 24.1 Å². The lowest BCUT2D eigenvalue weighted by atomic mass is 9.99. The van der Waals surface area contributed by atoms with Gasteiger partial charge in [0.05, 0.1) is 12.1 Å². The van der Waals surface area contributed by atoms with Crippen molar-refractivity contribution in [3.63, 3.8) is 0 Å². The molecule has 3 aromatic rings. The Morgan fingerprint density at radius 2 is 1.47 bits per heavy atom. The number of hydrogen-bond acceptors (Lipinski definition) is 3.